The zero-order valence-electron chi connectivity index (χ0n) is 14.3. The third kappa shape index (κ3) is 4.19. The fourth-order valence-corrected chi connectivity index (χ4v) is 3.30. The number of aliphatic hydroxyl groups is 1. The second-order valence-electron chi connectivity index (χ2n) is 6.52. The van der Waals surface area contributed by atoms with E-state index in [1.165, 1.54) is 11.1 Å². The number of aromatic nitrogens is 2. The lowest BCUT2D eigenvalue weighted by Gasteiger charge is -2.27. The van der Waals surface area contributed by atoms with E-state index in [0.717, 1.165) is 32.1 Å². The van der Waals surface area contributed by atoms with Crippen LogP contribution in [-0.4, -0.2) is 33.4 Å². The van der Waals surface area contributed by atoms with Gasteiger partial charge in [-0.1, -0.05) is 12.8 Å². The summed E-state index contributed by atoms with van der Waals surface area (Å²) in [5.41, 5.74) is 1.13. The summed E-state index contributed by atoms with van der Waals surface area (Å²) in [6, 6.07) is 0. The third-order valence-corrected chi connectivity index (χ3v) is 4.86. The number of nitrogens with zero attached hydrogens (tertiary/aromatic N) is 2. The van der Waals surface area contributed by atoms with Gasteiger partial charge in [0.15, 0.2) is 0 Å². The van der Waals surface area contributed by atoms with E-state index >= 15 is 0 Å². The van der Waals surface area contributed by atoms with E-state index < -0.39 is 0 Å². The van der Waals surface area contributed by atoms with Crippen molar-refractivity contribution in [3.8, 4) is 0 Å². The Morgan fingerprint density at radius 3 is 2.74 bits per heavy atom. The molecule has 23 heavy (non-hydrogen) atoms. The van der Waals surface area contributed by atoms with Crippen LogP contribution >= 0.6 is 0 Å². The Labute approximate surface area is 136 Å². The number of nitrogens with one attached hydrogen (secondary N) is 1. The van der Waals surface area contributed by atoms with E-state index in [4.69, 9.17) is 0 Å². The molecule has 128 valence electrons. The fourth-order valence-electron chi connectivity index (χ4n) is 3.30. The lowest BCUT2D eigenvalue weighted by Crippen LogP contribution is -2.35. The first-order chi connectivity index (χ1) is 10.9. The van der Waals surface area contributed by atoms with Gasteiger partial charge in [-0.2, -0.15) is 5.10 Å². The number of carbonyl (C=O) groups is 1. The predicted octanol–water partition coefficient (Wildman–Crippen LogP) is 1.46. The number of aliphatic hydroxyl groups excluding tert-OH is 1. The number of amides is 1. The Balaban J connectivity index is 1.89. The molecule has 1 amide bonds. The van der Waals surface area contributed by atoms with Gasteiger partial charge in [-0.25, -0.2) is 4.68 Å². The first-order valence-electron chi connectivity index (χ1n) is 8.42. The van der Waals surface area contributed by atoms with Crippen molar-refractivity contribution in [1.29, 1.82) is 0 Å². The van der Waals surface area contributed by atoms with Gasteiger partial charge in [-0.3, -0.25) is 9.59 Å². The highest BCUT2D eigenvalue weighted by Gasteiger charge is 2.22. The van der Waals surface area contributed by atoms with E-state index in [0.29, 0.717) is 23.7 Å². The summed E-state index contributed by atoms with van der Waals surface area (Å²) in [5, 5.41) is 16.9. The highest BCUT2D eigenvalue weighted by Crippen LogP contribution is 2.27. The summed E-state index contributed by atoms with van der Waals surface area (Å²) in [5.74, 6) is 0.0104. The molecular formula is C17H27N3O3. The van der Waals surface area contributed by atoms with E-state index in [9.17, 15) is 14.7 Å². The normalized spacial score (nSPS) is 21.2. The van der Waals surface area contributed by atoms with Crippen LogP contribution in [0.25, 0.3) is 0 Å². The van der Waals surface area contributed by atoms with Gasteiger partial charge in [0, 0.05) is 13.6 Å². The van der Waals surface area contributed by atoms with Crippen molar-refractivity contribution in [1.82, 2.24) is 15.1 Å². The molecule has 2 atom stereocenters. The maximum atomic E-state index is 12.3. The smallest absolute Gasteiger partial charge is 0.279 e. The molecule has 0 aliphatic heterocycles. The Morgan fingerprint density at radius 1 is 1.35 bits per heavy atom. The molecule has 0 aromatic carbocycles. The molecule has 1 saturated carbocycles. The first-order valence-corrected chi connectivity index (χ1v) is 8.42. The third-order valence-electron chi connectivity index (χ3n) is 4.86. The van der Waals surface area contributed by atoms with Crippen LogP contribution in [0.3, 0.4) is 0 Å². The highest BCUT2D eigenvalue weighted by molar-refractivity contribution is 5.95. The topological polar surface area (TPSA) is 84.2 Å². The van der Waals surface area contributed by atoms with E-state index in [-0.39, 0.29) is 23.1 Å². The standard InChI is InChI=1S/C17H27N3O3/c1-11-12(2)19-20(3)17(23)15(11)16(22)18-10-6-8-13-7-4-5-9-14(13)21/h13-14,21H,4-10H2,1-3H3,(H,18,22). The molecule has 1 aromatic rings. The Bertz CT molecular complexity index is 624. The summed E-state index contributed by atoms with van der Waals surface area (Å²) in [4.78, 5) is 24.4. The molecule has 1 aromatic heterocycles. The second kappa shape index (κ2) is 7.73. The average molecular weight is 321 g/mol. The zero-order chi connectivity index (χ0) is 17.0. The Hall–Kier alpha value is -1.69. The van der Waals surface area contributed by atoms with Crippen molar-refractivity contribution in [3.63, 3.8) is 0 Å². The van der Waals surface area contributed by atoms with Gasteiger partial charge >= 0.3 is 0 Å². The molecule has 2 rings (SSSR count). The summed E-state index contributed by atoms with van der Waals surface area (Å²) in [6.45, 7) is 4.05. The Kier molecular flexibility index (Phi) is 5.93. The van der Waals surface area contributed by atoms with Crippen LogP contribution in [0.15, 0.2) is 4.79 Å². The van der Waals surface area contributed by atoms with Gasteiger partial charge in [0.1, 0.15) is 5.56 Å². The molecule has 0 saturated heterocycles. The molecule has 6 nitrogen and oxygen atoms in total. The van der Waals surface area contributed by atoms with Crippen LogP contribution in [0.5, 0.6) is 0 Å². The van der Waals surface area contributed by atoms with Gasteiger partial charge in [0.2, 0.25) is 0 Å². The van der Waals surface area contributed by atoms with Crippen molar-refractivity contribution in [2.75, 3.05) is 6.54 Å². The fraction of sp³-hybridized carbons (Fsp3) is 0.706. The van der Waals surface area contributed by atoms with Gasteiger partial charge in [-0.15, -0.1) is 0 Å². The largest absolute Gasteiger partial charge is 0.393 e. The summed E-state index contributed by atoms with van der Waals surface area (Å²) in [7, 11) is 1.55. The highest BCUT2D eigenvalue weighted by atomic mass is 16.3. The van der Waals surface area contributed by atoms with Gasteiger partial charge < -0.3 is 10.4 Å². The Morgan fingerprint density at radius 2 is 2.04 bits per heavy atom. The van der Waals surface area contributed by atoms with Gasteiger partial charge in [0.05, 0.1) is 11.8 Å². The van der Waals surface area contributed by atoms with Crippen molar-refractivity contribution in [2.45, 2.75) is 58.5 Å². The minimum Gasteiger partial charge on any atom is -0.393 e. The summed E-state index contributed by atoms with van der Waals surface area (Å²) >= 11 is 0. The summed E-state index contributed by atoms with van der Waals surface area (Å²) in [6.07, 6.45) is 5.78. The molecular weight excluding hydrogens is 294 g/mol. The second-order valence-corrected chi connectivity index (χ2v) is 6.52. The van der Waals surface area contributed by atoms with E-state index in [1.807, 2.05) is 0 Å². The molecule has 0 spiro atoms. The molecule has 6 heteroatoms. The molecule has 2 N–H and O–H groups in total. The van der Waals surface area contributed by atoms with Crippen LogP contribution in [0.4, 0.5) is 0 Å². The van der Waals surface area contributed by atoms with Crippen molar-refractivity contribution in [2.24, 2.45) is 13.0 Å². The lowest BCUT2D eigenvalue weighted by atomic mass is 9.83. The molecule has 1 aliphatic rings. The maximum absolute atomic E-state index is 12.3. The SMILES string of the molecule is Cc1nn(C)c(=O)c(C(=O)NCCCC2CCCCC2O)c1C. The number of carbonyl (C=O) groups excluding carboxylic acids is 1. The van der Waals surface area contributed by atoms with Crippen LogP contribution in [0.2, 0.25) is 0 Å². The number of rotatable bonds is 5. The van der Waals surface area contributed by atoms with Crippen LogP contribution in [0, 0.1) is 19.8 Å². The molecule has 1 aliphatic carbocycles. The molecule has 2 unspecified atom stereocenters. The van der Waals surface area contributed by atoms with Crippen LogP contribution in [-0.2, 0) is 7.05 Å². The van der Waals surface area contributed by atoms with E-state index in [1.54, 1.807) is 20.9 Å². The minimum atomic E-state index is -0.367. The van der Waals surface area contributed by atoms with Crippen LogP contribution < -0.4 is 10.9 Å². The quantitative estimate of drug-likeness (QED) is 0.804. The number of hydrogen-bond acceptors (Lipinski definition) is 4. The van der Waals surface area contributed by atoms with Crippen LogP contribution in [0.1, 0.15) is 60.1 Å². The van der Waals surface area contributed by atoms with Gasteiger partial charge in [-0.05, 0) is 51.0 Å². The zero-order valence-corrected chi connectivity index (χ0v) is 14.3. The molecule has 1 heterocycles. The average Bonchev–Trinajstić information content (AvgIpc) is 2.51. The lowest BCUT2D eigenvalue weighted by molar-refractivity contribution is 0.0641. The molecule has 0 radical (unpaired) electrons. The van der Waals surface area contributed by atoms with E-state index in [2.05, 4.69) is 10.4 Å². The van der Waals surface area contributed by atoms with Crippen molar-refractivity contribution >= 4 is 5.91 Å². The van der Waals surface area contributed by atoms with Crippen molar-refractivity contribution < 1.29 is 9.90 Å². The van der Waals surface area contributed by atoms with Crippen molar-refractivity contribution in [3.05, 3.63) is 27.2 Å². The predicted molar refractivity (Wildman–Crippen MR) is 88.5 cm³/mol. The van der Waals surface area contributed by atoms with Gasteiger partial charge in [0.25, 0.3) is 11.5 Å². The number of aryl methyl sites for hydroxylation is 2. The molecule has 1 fully saturated rings. The monoisotopic (exact) mass is 321 g/mol. The maximum Gasteiger partial charge on any atom is 0.279 e. The molecule has 0 bridgehead atoms. The summed E-state index contributed by atoms with van der Waals surface area (Å²) < 4.78 is 1.20. The number of hydrogen-bond donors (Lipinski definition) is 2. The first kappa shape index (κ1) is 17.7. The minimum absolute atomic E-state index is 0.178.